The molecule has 2 unspecified atom stereocenters. The van der Waals surface area contributed by atoms with Crippen LogP contribution in [0.5, 0.6) is 0 Å². The summed E-state index contributed by atoms with van der Waals surface area (Å²) in [6, 6.07) is 1.95. The van der Waals surface area contributed by atoms with Gasteiger partial charge in [0.25, 0.3) is 0 Å². The van der Waals surface area contributed by atoms with Crippen LogP contribution in [0.1, 0.15) is 26.2 Å². The van der Waals surface area contributed by atoms with Crippen molar-refractivity contribution in [3.8, 4) is 0 Å². The quantitative estimate of drug-likeness (QED) is 0.530. The fourth-order valence-corrected chi connectivity index (χ4v) is 3.12. The molecule has 0 bridgehead atoms. The summed E-state index contributed by atoms with van der Waals surface area (Å²) in [4.78, 5) is 8.90. The van der Waals surface area contributed by atoms with Crippen LogP contribution in [0.25, 0.3) is 0 Å². The largest absolute Gasteiger partial charge is 0.396 e. The summed E-state index contributed by atoms with van der Waals surface area (Å²) in [5.74, 6) is 2.72. The minimum atomic E-state index is 0.300. The maximum Gasteiger partial charge on any atom is 0.191 e. The average molecular weight is 296 g/mol. The van der Waals surface area contributed by atoms with Crippen molar-refractivity contribution in [2.24, 2.45) is 11.8 Å². The summed E-state index contributed by atoms with van der Waals surface area (Å²) < 4.78 is 0. The Kier molecular flexibility index (Phi) is 5.91. The van der Waals surface area contributed by atoms with Gasteiger partial charge in [0.15, 0.2) is 5.16 Å². The number of nitrogens with zero attached hydrogens (tertiary/aromatic N) is 2. The summed E-state index contributed by atoms with van der Waals surface area (Å²) in [5, 5.41) is 16.8. The fourth-order valence-electron chi connectivity index (χ4n) is 2.74. The second kappa shape index (κ2) is 7.69. The van der Waals surface area contributed by atoms with Crippen LogP contribution < -0.4 is 10.6 Å². The average Bonchev–Trinajstić information content (AvgIpc) is 2.92. The standard InChI is InChI=1S/C14H24N4OS/c1-3-15-12-7-13(18-14(17-12)20-2)16-8-10-5-4-6-11(10)9-19/h7,10-11,19H,3-6,8-9H2,1-2H3,(H2,15,16,17,18). The number of aliphatic hydroxyl groups excluding tert-OH is 1. The summed E-state index contributed by atoms with van der Waals surface area (Å²) >= 11 is 1.54. The van der Waals surface area contributed by atoms with Crippen molar-refractivity contribution >= 4 is 23.4 Å². The SMILES string of the molecule is CCNc1cc(NCC2CCCC2CO)nc(SC)n1. The molecule has 1 saturated carbocycles. The maximum absolute atomic E-state index is 9.36. The number of thioether (sulfide) groups is 1. The van der Waals surface area contributed by atoms with Crippen molar-refractivity contribution in [2.75, 3.05) is 36.6 Å². The molecule has 0 spiro atoms. The van der Waals surface area contributed by atoms with Crippen LogP contribution in [-0.2, 0) is 0 Å². The van der Waals surface area contributed by atoms with Gasteiger partial charge in [-0.2, -0.15) is 0 Å². The minimum absolute atomic E-state index is 0.300. The van der Waals surface area contributed by atoms with Crippen LogP contribution >= 0.6 is 11.8 Å². The van der Waals surface area contributed by atoms with Gasteiger partial charge in [0, 0.05) is 25.8 Å². The minimum Gasteiger partial charge on any atom is -0.396 e. The molecule has 112 valence electrons. The molecule has 1 aliphatic carbocycles. The van der Waals surface area contributed by atoms with Crippen molar-refractivity contribution in [3.05, 3.63) is 6.07 Å². The molecule has 2 rings (SSSR count). The lowest BCUT2D eigenvalue weighted by Crippen LogP contribution is -2.21. The van der Waals surface area contributed by atoms with Crippen molar-refractivity contribution in [1.29, 1.82) is 0 Å². The van der Waals surface area contributed by atoms with Crippen molar-refractivity contribution in [2.45, 2.75) is 31.3 Å². The van der Waals surface area contributed by atoms with E-state index in [1.54, 1.807) is 11.8 Å². The molecule has 5 nitrogen and oxygen atoms in total. The lowest BCUT2D eigenvalue weighted by atomic mass is 9.97. The number of rotatable bonds is 7. The number of aromatic nitrogens is 2. The summed E-state index contributed by atoms with van der Waals surface area (Å²) in [7, 11) is 0. The number of anilines is 2. The Hall–Kier alpha value is -1.01. The zero-order valence-corrected chi connectivity index (χ0v) is 13.0. The lowest BCUT2D eigenvalue weighted by Gasteiger charge is -2.18. The highest BCUT2D eigenvalue weighted by molar-refractivity contribution is 7.98. The zero-order chi connectivity index (χ0) is 14.4. The van der Waals surface area contributed by atoms with E-state index >= 15 is 0 Å². The van der Waals surface area contributed by atoms with E-state index in [9.17, 15) is 5.11 Å². The first-order chi connectivity index (χ1) is 9.76. The Morgan fingerprint density at radius 2 is 1.95 bits per heavy atom. The highest BCUT2D eigenvalue weighted by Gasteiger charge is 2.26. The molecule has 2 atom stereocenters. The van der Waals surface area contributed by atoms with Crippen LogP contribution in [0.3, 0.4) is 0 Å². The van der Waals surface area contributed by atoms with Gasteiger partial charge < -0.3 is 15.7 Å². The second-order valence-electron chi connectivity index (χ2n) is 5.17. The maximum atomic E-state index is 9.36. The molecule has 1 aromatic rings. The molecule has 0 aliphatic heterocycles. The Morgan fingerprint density at radius 3 is 2.60 bits per heavy atom. The molecule has 0 saturated heterocycles. The first-order valence-electron chi connectivity index (χ1n) is 7.28. The van der Waals surface area contributed by atoms with Crippen molar-refractivity contribution < 1.29 is 5.11 Å². The Labute approximate surface area is 125 Å². The topological polar surface area (TPSA) is 70.1 Å². The fraction of sp³-hybridized carbons (Fsp3) is 0.714. The van der Waals surface area contributed by atoms with Crippen LogP contribution in [0.4, 0.5) is 11.6 Å². The van der Waals surface area contributed by atoms with Crippen LogP contribution in [-0.4, -0.2) is 41.0 Å². The Morgan fingerprint density at radius 1 is 1.25 bits per heavy atom. The highest BCUT2D eigenvalue weighted by Crippen LogP contribution is 2.31. The Bertz CT molecular complexity index is 430. The van der Waals surface area contributed by atoms with E-state index in [1.807, 2.05) is 12.3 Å². The third-order valence-electron chi connectivity index (χ3n) is 3.84. The van der Waals surface area contributed by atoms with Gasteiger partial charge in [0.05, 0.1) is 0 Å². The van der Waals surface area contributed by atoms with Crippen molar-refractivity contribution in [3.63, 3.8) is 0 Å². The van der Waals surface area contributed by atoms with Crippen LogP contribution in [0.15, 0.2) is 11.2 Å². The van der Waals surface area contributed by atoms with E-state index in [4.69, 9.17) is 0 Å². The van der Waals surface area contributed by atoms with Gasteiger partial charge in [0.2, 0.25) is 0 Å². The molecule has 1 heterocycles. The van der Waals surface area contributed by atoms with Crippen molar-refractivity contribution in [1.82, 2.24) is 9.97 Å². The number of hydrogen-bond acceptors (Lipinski definition) is 6. The van der Waals surface area contributed by atoms with Gasteiger partial charge in [-0.05, 0) is 37.9 Å². The lowest BCUT2D eigenvalue weighted by molar-refractivity contribution is 0.199. The number of hydrogen-bond donors (Lipinski definition) is 3. The van der Waals surface area contributed by atoms with E-state index in [0.717, 1.165) is 36.3 Å². The molecular formula is C14H24N4OS. The summed E-state index contributed by atoms with van der Waals surface area (Å²) in [6.07, 6.45) is 5.54. The normalized spacial score (nSPS) is 21.9. The molecule has 1 aliphatic rings. The van der Waals surface area contributed by atoms with Gasteiger partial charge in [-0.25, -0.2) is 9.97 Å². The molecule has 0 aromatic carbocycles. The molecular weight excluding hydrogens is 272 g/mol. The first-order valence-corrected chi connectivity index (χ1v) is 8.51. The number of aliphatic hydroxyl groups is 1. The monoisotopic (exact) mass is 296 g/mol. The van der Waals surface area contributed by atoms with Gasteiger partial charge >= 0.3 is 0 Å². The summed E-state index contributed by atoms with van der Waals surface area (Å²) in [6.45, 7) is 4.08. The van der Waals surface area contributed by atoms with Gasteiger partial charge in [-0.1, -0.05) is 18.2 Å². The predicted molar refractivity (Wildman–Crippen MR) is 84.4 cm³/mol. The van der Waals surface area contributed by atoms with E-state index < -0.39 is 0 Å². The number of nitrogens with one attached hydrogen (secondary N) is 2. The van der Waals surface area contributed by atoms with E-state index in [0.29, 0.717) is 18.4 Å². The Balaban J connectivity index is 1.99. The van der Waals surface area contributed by atoms with E-state index in [2.05, 4.69) is 27.5 Å². The smallest absolute Gasteiger partial charge is 0.191 e. The zero-order valence-electron chi connectivity index (χ0n) is 12.2. The third-order valence-corrected chi connectivity index (χ3v) is 4.39. The first kappa shape index (κ1) is 15.4. The molecule has 0 amide bonds. The summed E-state index contributed by atoms with van der Waals surface area (Å²) in [5.41, 5.74) is 0. The van der Waals surface area contributed by atoms with E-state index in [1.165, 1.54) is 12.8 Å². The van der Waals surface area contributed by atoms with E-state index in [-0.39, 0.29) is 0 Å². The van der Waals surface area contributed by atoms with Gasteiger partial charge in [-0.3, -0.25) is 0 Å². The van der Waals surface area contributed by atoms with Crippen LogP contribution in [0, 0.1) is 11.8 Å². The second-order valence-corrected chi connectivity index (χ2v) is 5.94. The molecule has 0 radical (unpaired) electrons. The predicted octanol–water partition coefficient (Wildman–Crippen LogP) is 2.45. The van der Waals surface area contributed by atoms with Crippen LogP contribution in [0.2, 0.25) is 0 Å². The molecule has 3 N–H and O–H groups in total. The molecule has 1 fully saturated rings. The highest BCUT2D eigenvalue weighted by atomic mass is 32.2. The van der Waals surface area contributed by atoms with Gasteiger partial charge in [0.1, 0.15) is 11.6 Å². The molecule has 6 heteroatoms. The van der Waals surface area contributed by atoms with Gasteiger partial charge in [-0.15, -0.1) is 0 Å². The molecule has 1 aromatic heterocycles. The molecule has 20 heavy (non-hydrogen) atoms. The third kappa shape index (κ3) is 3.99.